The number of benzene rings is 2. The van der Waals surface area contributed by atoms with Crippen LogP contribution >= 0.6 is 0 Å². The van der Waals surface area contributed by atoms with Gasteiger partial charge in [0.15, 0.2) is 11.5 Å². The van der Waals surface area contributed by atoms with Gasteiger partial charge in [0.05, 0.1) is 25.0 Å². The summed E-state index contributed by atoms with van der Waals surface area (Å²) in [4.78, 5) is 17.4. The van der Waals surface area contributed by atoms with Crippen LogP contribution in [0.15, 0.2) is 47.0 Å². The third kappa shape index (κ3) is 5.95. The van der Waals surface area contributed by atoms with Crippen molar-refractivity contribution in [2.24, 2.45) is 0 Å². The first kappa shape index (κ1) is 24.6. The number of methoxy groups -OCH3 is 1. The normalized spacial score (nSPS) is 14.1. The van der Waals surface area contributed by atoms with Crippen LogP contribution in [0.5, 0.6) is 17.2 Å². The fourth-order valence-electron chi connectivity index (χ4n) is 4.19. The van der Waals surface area contributed by atoms with E-state index >= 15 is 0 Å². The smallest absolute Gasteiger partial charge is 0.254 e. The summed E-state index contributed by atoms with van der Waals surface area (Å²) in [5, 5.41) is 3.95. The minimum atomic E-state index is 0.00120. The molecule has 35 heavy (non-hydrogen) atoms. The van der Waals surface area contributed by atoms with E-state index in [1.165, 1.54) is 5.56 Å². The summed E-state index contributed by atoms with van der Waals surface area (Å²) < 4.78 is 22.2. The van der Waals surface area contributed by atoms with Crippen molar-refractivity contribution in [3.63, 3.8) is 0 Å². The Kier molecular flexibility index (Phi) is 7.92. The molecular formula is C27H33N3O5. The standard InChI is InChI=1S/C27H33N3O5/c1-5-33-23-9-6-21(7-10-23)17-29-12-14-30(15-13-29)27(31)22-8-11-25(26(16-22)32-4)34-18-24-19(2)28-35-20(24)3/h6-11,16H,5,12-15,17-18H2,1-4H3. The van der Waals surface area contributed by atoms with Gasteiger partial charge in [-0.25, -0.2) is 0 Å². The zero-order valence-electron chi connectivity index (χ0n) is 20.9. The van der Waals surface area contributed by atoms with Crippen molar-refractivity contribution in [3.8, 4) is 17.2 Å². The molecule has 1 saturated heterocycles. The number of rotatable bonds is 9. The summed E-state index contributed by atoms with van der Waals surface area (Å²) in [5.74, 6) is 2.72. The van der Waals surface area contributed by atoms with Crippen molar-refractivity contribution in [1.82, 2.24) is 15.0 Å². The third-order valence-electron chi connectivity index (χ3n) is 6.26. The van der Waals surface area contributed by atoms with Crippen LogP contribution in [0.25, 0.3) is 0 Å². The third-order valence-corrected chi connectivity index (χ3v) is 6.26. The first-order valence-corrected chi connectivity index (χ1v) is 11.9. The summed E-state index contributed by atoms with van der Waals surface area (Å²) in [6.07, 6.45) is 0. The van der Waals surface area contributed by atoms with Gasteiger partial charge in [0.25, 0.3) is 5.91 Å². The summed E-state index contributed by atoms with van der Waals surface area (Å²) in [6, 6.07) is 13.5. The molecule has 186 valence electrons. The van der Waals surface area contributed by atoms with Crippen molar-refractivity contribution in [2.45, 2.75) is 33.9 Å². The number of nitrogens with zero attached hydrogens (tertiary/aromatic N) is 3. The average Bonchev–Trinajstić information content (AvgIpc) is 3.21. The van der Waals surface area contributed by atoms with E-state index in [2.05, 4.69) is 22.2 Å². The fraction of sp³-hybridized carbons (Fsp3) is 0.407. The molecule has 4 rings (SSSR count). The lowest BCUT2D eigenvalue weighted by molar-refractivity contribution is 0.0628. The molecule has 1 amide bonds. The van der Waals surface area contributed by atoms with Gasteiger partial charge < -0.3 is 23.6 Å². The second kappa shape index (κ2) is 11.3. The van der Waals surface area contributed by atoms with E-state index in [4.69, 9.17) is 18.7 Å². The maximum absolute atomic E-state index is 13.2. The summed E-state index contributed by atoms with van der Waals surface area (Å²) >= 11 is 0. The number of ether oxygens (including phenoxy) is 3. The number of hydrogen-bond donors (Lipinski definition) is 0. The van der Waals surface area contributed by atoms with Crippen LogP contribution in [-0.2, 0) is 13.2 Å². The van der Waals surface area contributed by atoms with Gasteiger partial charge in [0.1, 0.15) is 18.1 Å². The van der Waals surface area contributed by atoms with Gasteiger partial charge in [-0.3, -0.25) is 9.69 Å². The lowest BCUT2D eigenvalue weighted by Gasteiger charge is -2.35. The number of aromatic nitrogens is 1. The van der Waals surface area contributed by atoms with Crippen LogP contribution in [-0.4, -0.2) is 60.8 Å². The SMILES string of the molecule is CCOc1ccc(CN2CCN(C(=O)c3ccc(OCc4c(C)noc4C)c(OC)c3)CC2)cc1. The largest absolute Gasteiger partial charge is 0.494 e. The van der Waals surface area contributed by atoms with Gasteiger partial charge in [-0.2, -0.15) is 0 Å². The average molecular weight is 480 g/mol. The van der Waals surface area contributed by atoms with Gasteiger partial charge in [0.2, 0.25) is 0 Å². The molecule has 1 aliphatic heterocycles. The Bertz CT molecular complexity index is 1110. The molecule has 8 heteroatoms. The van der Waals surface area contributed by atoms with Crippen molar-refractivity contribution in [1.29, 1.82) is 0 Å². The lowest BCUT2D eigenvalue weighted by atomic mass is 10.1. The molecule has 0 bridgehead atoms. The van der Waals surface area contributed by atoms with Gasteiger partial charge >= 0.3 is 0 Å². The quantitative estimate of drug-likeness (QED) is 0.454. The van der Waals surface area contributed by atoms with E-state index in [0.29, 0.717) is 43.4 Å². The Morgan fingerprint density at radius 1 is 1.00 bits per heavy atom. The maximum atomic E-state index is 13.2. The van der Waals surface area contributed by atoms with Gasteiger partial charge in [0, 0.05) is 38.3 Å². The molecule has 0 atom stereocenters. The Hall–Kier alpha value is -3.52. The predicted molar refractivity (Wildman–Crippen MR) is 132 cm³/mol. The summed E-state index contributed by atoms with van der Waals surface area (Å²) in [5.41, 5.74) is 3.54. The maximum Gasteiger partial charge on any atom is 0.254 e. The van der Waals surface area contributed by atoms with E-state index in [1.54, 1.807) is 25.3 Å². The molecule has 1 aliphatic rings. The number of hydrogen-bond acceptors (Lipinski definition) is 7. The van der Waals surface area contributed by atoms with E-state index in [-0.39, 0.29) is 5.91 Å². The predicted octanol–water partition coefficient (Wildman–Crippen LogP) is 4.24. The van der Waals surface area contributed by atoms with E-state index in [1.807, 2.05) is 37.8 Å². The van der Waals surface area contributed by atoms with Crippen LogP contribution in [0.3, 0.4) is 0 Å². The highest BCUT2D eigenvalue weighted by Crippen LogP contribution is 2.30. The topological polar surface area (TPSA) is 77.3 Å². The highest BCUT2D eigenvalue weighted by Gasteiger charge is 2.23. The van der Waals surface area contributed by atoms with Crippen molar-refractivity contribution < 1.29 is 23.5 Å². The van der Waals surface area contributed by atoms with E-state index in [0.717, 1.165) is 42.4 Å². The monoisotopic (exact) mass is 479 g/mol. The van der Waals surface area contributed by atoms with Crippen molar-refractivity contribution >= 4 is 5.91 Å². The van der Waals surface area contributed by atoms with Crippen LogP contribution in [0.4, 0.5) is 0 Å². The van der Waals surface area contributed by atoms with Crippen molar-refractivity contribution in [3.05, 3.63) is 70.6 Å². The van der Waals surface area contributed by atoms with Crippen LogP contribution < -0.4 is 14.2 Å². The highest BCUT2D eigenvalue weighted by molar-refractivity contribution is 5.95. The number of piperazine rings is 1. The molecule has 0 saturated carbocycles. The molecule has 0 unspecified atom stereocenters. The highest BCUT2D eigenvalue weighted by atomic mass is 16.5. The minimum Gasteiger partial charge on any atom is -0.494 e. The molecular weight excluding hydrogens is 446 g/mol. The number of amides is 1. The molecule has 0 spiro atoms. The molecule has 2 heterocycles. The summed E-state index contributed by atoms with van der Waals surface area (Å²) in [7, 11) is 1.58. The molecule has 8 nitrogen and oxygen atoms in total. The zero-order chi connectivity index (χ0) is 24.8. The molecule has 3 aromatic rings. The Morgan fingerprint density at radius 2 is 1.74 bits per heavy atom. The molecule has 2 aromatic carbocycles. The number of carbonyl (C=O) groups is 1. The Balaban J connectivity index is 1.32. The second-order valence-electron chi connectivity index (χ2n) is 8.60. The minimum absolute atomic E-state index is 0.00120. The van der Waals surface area contributed by atoms with E-state index < -0.39 is 0 Å². The molecule has 0 N–H and O–H groups in total. The fourth-order valence-corrected chi connectivity index (χ4v) is 4.19. The van der Waals surface area contributed by atoms with Crippen molar-refractivity contribution in [2.75, 3.05) is 39.9 Å². The Morgan fingerprint density at radius 3 is 2.37 bits per heavy atom. The van der Waals surface area contributed by atoms with Crippen LogP contribution in [0.1, 0.15) is 39.9 Å². The summed E-state index contributed by atoms with van der Waals surface area (Å²) in [6.45, 7) is 10.6. The van der Waals surface area contributed by atoms with Crippen LogP contribution in [0.2, 0.25) is 0 Å². The number of carbonyl (C=O) groups excluding carboxylic acids is 1. The van der Waals surface area contributed by atoms with E-state index in [9.17, 15) is 4.79 Å². The molecule has 1 fully saturated rings. The first-order chi connectivity index (χ1) is 17.0. The van der Waals surface area contributed by atoms with Gasteiger partial charge in [-0.15, -0.1) is 0 Å². The first-order valence-electron chi connectivity index (χ1n) is 11.9. The Labute approximate surface area is 206 Å². The van der Waals surface area contributed by atoms with Gasteiger partial charge in [-0.05, 0) is 56.7 Å². The van der Waals surface area contributed by atoms with Gasteiger partial charge in [-0.1, -0.05) is 17.3 Å². The molecule has 0 aliphatic carbocycles. The number of aryl methyl sites for hydroxylation is 2. The molecule has 0 radical (unpaired) electrons. The zero-order valence-corrected chi connectivity index (χ0v) is 20.9. The van der Waals surface area contributed by atoms with Crippen LogP contribution in [0, 0.1) is 13.8 Å². The molecule has 1 aromatic heterocycles. The lowest BCUT2D eigenvalue weighted by Crippen LogP contribution is -2.48. The second-order valence-corrected chi connectivity index (χ2v) is 8.60.